The number of benzene rings is 1. The van der Waals surface area contributed by atoms with Gasteiger partial charge in [0, 0.05) is 29.4 Å². The lowest BCUT2D eigenvalue weighted by atomic mass is 10.1. The summed E-state index contributed by atoms with van der Waals surface area (Å²) >= 11 is 1.70. The maximum absolute atomic E-state index is 4.77. The van der Waals surface area contributed by atoms with Crippen LogP contribution in [0.5, 0.6) is 0 Å². The van der Waals surface area contributed by atoms with E-state index < -0.39 is 0 Å². The summed E-state index contributed by atoms with van der Waals surface area (Å²) in [4.78, 5) is 15.8. The van der Waals surface area contributed by atoms with Crippen molar-refractivity contribution in [3.8, 4) is 0 Å². The summed E-state index contributed by atoms with van der Waals surface area (Å²) in [6.07, 6.45) is 4.26. The highest BCUT2D eigenvalue weighted by molar-refractivity contribution is 7.18. The molecule has 24 heavy (non-hydrogen) atoms. The lowest BCUT2D eigenvalue weighted by molar-refractivity contribution is 0.999. The van der Waals surface area contributed by atoms with Gasteiger partial charge in [0.1, 0.15) is 16.5 Å². The van der Waals surface area contributed by atoms with Gasteiger partial charge in [0.15, 0.2) is 0 Å². The molecule has 0 aliphatic carbocycles. The Labute approximate surface area is 144 Å². The molecule has 4 nitrogen and oxygen atoms in total. The number of hydrogen-bond donors (Lipinski definition) is 1. The van der Waals surface area contributed by atoms with Crippen molar-refractivity contribution < 1.29 is 0 Å². The summed E-state index contributed by atoms with van der Waals surface area (Å²) in [5.74, 6) is 1.67. The van der Waals surface area contributed by atoms with Crippen LogP contribution in [0.2, 0.25) is 0 Å². The third kappa shape index (κ3) is 3.12. The molecule has 0 fully saturated rings. The minimum absolute atomic E-state index is 0.721. The topological polar surface area (TPSA) is 50.7 Å². The average Bonchev–Trinajstić information content (AvgIpc) is 2.97. The van der Waals surface area contributed by atoms with E-state index >= 15 is 0 Å². The average molecular weight is 332 g/mol. The molecule has 0 spiro atoms. The van der Waals surface area contributed by atoms with Crippen LogP contribution in [0.1, 0.15) is 16.3 Å². The van der Waals surface area contributed by atoms with Gasteiger partial charge in [-0.1, -0.05) is 30.3 Å². The molecule has 1 aromatic carbocycles. The Morgan fingerprint density at radius 1 is 1.00 bits per heavy atom. The van der Waals surface area contributed by atoms with Gasteiger partial charge in [-0.2, -0.15) is 0 Å². The standard InChI is InChI=1S/C19H16N4S/c1-13-11-16-18(21-15-7-9-20-10-8-15)22-17(23-19(16)24-13)12-14-5-3-2-4-6-14/h2-11H,12H2,1H3,(H,20,21,22,23). The van der Waals surface area contributed by atoms with Crippen molar-refractivity contribution in [2.45, 2.75) is 13.3 Å². The van der Waals surface area contributed by atoms with E-state index in [-0.39, 0.29) is 0 Å². The van der Waals surface area contributed by atoms with Crippen molar-refractivity contribution in [1.82, 2.24) is 15.0 Å². The van der Waals surface area contributed by atoms with Gasteiger partial charge in [0.25, 0.3) is 0 Å². The molecule has 118 valence electrons. The second-order valence-electron chi connectivity index (χ2n) is 5.59. The van der Waals surface area contributed by atoms with E-state index in [0.29, 0.717) is 0 Å². The van der Waals surface area contributed by atoms with Crippen LogP contribution in [-0.2, 0) is 6.42 Å². The van der Waals surface area contributed by atoms with Crippen LogP contribution in [0.3, 0.4) is 0 Å². The molecular formula is C19H16N4S. The molecule has 3 aromatic heterocycles. The van der Waals surface area contributed by atoms with Gasteiger partial charge in [-0.25, -0.2) is 9.97 Å². The number of nitrogens with one attached hydrogen (secondary N) is 1. The van der Waals surface area contributed by atoms with E-state index in [1.807, 2.05) is 30.3 Å². The minimum Gasteiger partial charge on any atom is -0.339 e. The second-order valence-corrected chi connectivity index (χ2v) is 6.82. The molecule has 1 N–H and O–H groups in total. The molecule has 0 saturated heterocycles. The predicted molar refractivity (Wildman–Crippen MR) is 98.9 cm³/mol. The van der Waals surface area contributed by atoms with Crippen LogP contribution in [0, 0.1) is 6.92 Å². The highest BCUT2D eigenvalue weighted by atomic mass is 32.1. The van der Waals surface area contributed by atoms with Gasteiger partial charge < -0.3 is 5.32 Å². The van der Waals surface area contributed by atoms with Gasteiger partial charge >= 0.3 is 0 Å². The first-order valence-corrected chi connectivity index (χ1v) is 8.57. The van der Waals surface area contributed by atoms with Gasteiger partial charge in [0.05, 0.1) is 5.39 Å². The number of aromatic nitrogens is 3. The quantitative estimate of drug-likeness (QED) is 0.587. The number of anilines is 2. The molecular weight excluding hydrogens is 316 g/mol. The number of fused-ring (bicyclic) bond motifs is 1. The van der Waals surface area contributed by atoms with E-state index in [1.165, 1.54) is 10.4 Å². The first kappa shape index (κ1) is 14.8. The van der Waals surface area contributed by atoms with Crippen molar-refractivity contribution in [3.63, 3.8) is 0 Å². The van der Waals surface area contributed by atoms with Gasteiger partial charge in [-0.05, 0) is 30.7 Å². The summed E-state index contributed by atoms with van der Waals surface area (Å²) in [5, 5.41) is 4.46. The fraction of sp³-hybridized carbons (Fsp3) is 0.105. The molecule has 0 radical (unpaired) electrons. The molecule has 0 unspecified atom stereocenters. The number of aryl methyl sites for hydroxylation is 1. The fourth-order valence-corrected chi connectivity index (χ4v) is 3.51. The lowest BCUT2D eigenvalue weighted by Crippen LogP contribution is -2.01. The summed E-state index contributed by atoms with van der Waals surface area (Å²) in [7, 11) is 0. The van der Waals surface area contributed by atoms with Crippen molar-refractivity contribution in [2.24, 2.45) is 0 Å². The van der Waals surface area contributed by atoms with Crippen molar-refractivity contribution >= 4 is 33.1 Å². The van der Waals surface area contributed by atoms with Crippen LogP contribution in [0.15, 0.2) is 60.9 Å². The van der Waals surface area contributed by atoms with Crippen LogP contribution < -0.4 is 5.32 Å². The van der Waals surface area contributed by atoms with Crippen LogP contribution in [0.25, 0.3) is 10.2 Å². The Kier molecular flexibility index (Phi) is 3.92. The predicted octanol–water partition coefficient (Wildman–Crippen LogP) is 4.73. The Hall–Kier alpha value is -2.79. The SMILES string of the molecule is Cc1cc2c(Nc3ccncc3)nc(Cc3ccccc3)nc2s1. The van der Waals surface area contributed by atoms with Crippen molar-refractivity contribution in [1.29, 1.82) is 0 Å². The van der Waals surface area contributed by atoms with E-state index in [9.17, 15) is 0 Å². The first-order valence-electron chi connectivity index (χ1n) is 7.76. The number of thiophene rings is 1. The normalized spacial score (nSPS) is 10.9. The molecule has 4 aromatic rings. The largest absolute Gasteiger partial charge is 0.339 e. The van der Waals surface area contributed by atoms with Crippen LogP contribution in [0.4, 0.5) is 11.5 Å². The molecule has 4 rings (SSSR count). The number of rotatable bonds is 4. The molecule has 0 atom stereocenters. The zero-order chi connectivity index (χ0) is 16.4. The Bertz CT molecular complexity index is 965. The highest BCUT2D eigenvalue weighted by Crippen LogP contribution is 2.30. The third-order valence-electron chi connectivity index (χ3n) is 3.71. The number of hydrogen-bond acceptors (Lipinski definition) is 5. The summed E-state index contributed by atoms with van der Waals surface area (Å²) in [6.45, 7) is 2.10. The molecule has 3 heterocycles. The second kappa shape index (κ2) is 6.37. The highest BCUT2D eigenvalue weighted by Gasteiger charge is 2.11. The molecule has 0 aliphatic rings. The van der Waals surface area contributed by atoms with Crippen LogP contribution in [-0.4, -0.2) is 15.0 Å². The third-order valence-corrected chi connectivity index (χ3v) is 4.65. The van der Waals surface area contributed by atoms with Crippen molar-refractivity contribution in [2.75, 3.05) is 5.32 Å². The van der Waals surface area contributed by atoms with Gasteiger partial charge in [-0.15, -0.1) is 11.3 Å². The maximum Gasteiger partial charge on any atom is 0.142 e. The number of nitrogens with zero attached hydrogens (tertiary/aromatic N) is 3. The molecule has 0 amide bonds. The molecule has 0 aliphatic heterocycles. The Morgan fingerprint density at radius 2 is 1.79 bits per heavy atom. The number of pyridine rings is 1. The molecule has 5 heteroatoms. The zero-order valence-electron chi connectivity index (χ0n) is 13.2. The van der Waals surface area contributed by atoms with Crippen LogP contribution >= 0.6 is 11.3 Å². The maximum atomic E-state index is 4.77. The van der Waals surface area contributed by atoms with Gasteiger partial charge in [0.2, 0.25) is 0 Å². The van der Waals surface area contributed by atoms with E-state index in [1.54, 1.807) is 23.7 Å². The van der Waals surface area contributed by atoms with E-state index in [0.717, 1.165) is 34.0 Å². The summed E-state index contributed by atoms with van der Waals surface area (Å²) < 4.78 is 0. The molecule has 0 saturated carbocycles. The Balaban J connectivity index is 1.76. The van der Waals surface area contributed by atoms with E-state index in [2.05, 4.69) is 35.4 Å². The first-order chi connectivity index (χ1) is 11.8. The fourth-order valence-electron chi connectivity index (χ4n) is 2.61. The lowest BCUT2D eigenvalue weighted by Gasteiger charge is -2.09. The van der Waals surface area contributed by atoms with E-state index in [4.69, 9.17) is 9.97 Å². The Morgan fingerprint density at radius 3 is 2.58 bits per heavy atom. The smallest absolute Gasteiger partial charge is 0.142 e. The van der Waals surface area contributed by atoms with Gasteiger partial charge in [-0.3, -0.25) is 4.98 Å². The minimum atomic E-state index is 0.721. The monoisotopic (exact) mass is 332 g/mol. The zero-order valence-corrected chi connectivity index (χ0v) is 14.0. The summed E-state index contributed by atoms with van der Waals surface area (Å²) in [6, 6.07) is 16.3. The van der Waals surface area contributed by atoms with Crippen molar-refractivity contribution in [3.05, 3.63) is 77.2 Å². The summed E-state index contributed by atoms with van der Waals surface area (Å²) in [5.41, 5.74) is 2.18. The molecule has 0 bridgehead atoms.